The Bertz CT molecular complexity index is 421. The lowest BCUT2D eigenvalue weighted by atomic mass is 10.2. The highest BCUT2D eigenvalue weighted by Crippen LogP contribution is 2.32. The number of hydrogen-bond donors (Lipinski definition) is 2. The molecule has 2 N–H and O–H groups in total. The first kappa shape index (κ1) is 12.5. The van der Waals surface area contributed by atoms with Crippen LogP contribution in [0.15, 0.2) is 18.2 Å². The number of hydrogen-bond acceptors (Lipinski definition) is 3. The Morgan fingerprint density at radius 1 is 1.28 bits per heavy atom. The molecule has 0 bridgehead atoms. The van der Waals surface area contributed by atoms with Gasteiger partial charge in [-0.05, 0) is 18.6 Å². The zero-order valence-corrected chi connectivity index (χ0v) is 10.5. The lowest BCUT2D eigenvalue weighted by Gasteiger charge is -2.19. The summed E-state index contributed by atoms with van der Waals surface area (Å²) >= 11 is 0. The number of nitrogens with one attached hydrogen (secondary N) is 2. The summed E-state index contributed by atoms with van der Waals surface area (Å²) in [6, 6.07) is 5.18. The van der Waals surface area contributed by atoms with Crippen LogP contribution >= 0.6 is 0 Å². The first-order chi connectivity index (χ1) is 8.79. The summed E-state index contributed by atoms with van der Waals surface area (Å²) in [5.74, 6) is 1.39. The van der Waals surface area contributed by atoms with Crippen molar-refractivity contribution in [2.24, 2.45) is 0 Å². The quantitative estimate of drug-likeness (QED) is 0.806. The van der Waals surface area contributed by atoms with E-state index >= 15 is 0 Å². The molecule has 1 aliphatic heterocycles. The molecule has 0 saturated heterocycles. The second-order valence-corrected chi connectivity index (χ2v) is 4.09. The standard InChI is InChI=1S/C13H18N2O3/c1-2-3-6-14-13(16)15-10-4-5-11-12(9-10)18-8-7-17-11/h4-5,9H,2-3,6-8H2,1H3,(H2,14,15,16). The molecule has 0 atom stereocenters. The summed E-state index contributed by atoms with van der Waals surface area (Å²) in [5.41, 5.74) is 0.702. The average molecular weight is 250 g/mol. The SMILES string of the molecule is CCCCNC(=O)Nc1ccc2c(c1)OCCO2. The molecule has 2 amide bonds. The Morgan fingerprint density at radius 2 is 2.06 bits per heavy atom. The number of fused-ring (bicyclic) bond motifs is 1. The van der Waals surface area contributed by atoms with Gasteiger partial charge < -0.3 is 20.1 Å². The highest BCUT2D eigenvalue weighted by molar-refractivity contribution is 5.89. The Hall–Kier alpha value is -1.91. The van der Waals surface area contributed by atoms with Crippen LogP contribution in [-0.2, 0) is 0 Å². The number of ether oxygens (including phenoxy) is 2. The van der Waals surface area contributed by atoms with Crippen molar-refractivity contribution >= 4 is 11.7 Å². The van der Waals surface area contributed by atoms with Gasteiger partial charge in [0.2, 0.25) is 0 Å². The van der Waals surface area contributed by atoms with Crippen LogP contribution < -0.4 is 20.1 Å². The van der Waals surface area contributed by atoms with Crippen LogP contribution in [0.2, 0.25) is 0 Å². The fourth-order valence-corrected chi connectivity index (χ4v) is 1.68. The third-order valence-corrected chi connectivity index (χ3v) is 2.62. The zero-order valence-electron chi connectivity index (χ0n) is 10.5. The van der Waals surface area contributed by atoms with Gasteiger partial charge in [-0.25, -0.2) is 4.79 Å². The average Bonchev–Trinajstić information content (AvgIpc) is 2.39. The van der Waals surface area contributed by atoms with Crippen molar-refractivity contribution in [1.29, 1.82) is 0 Å². The third-order valence-electron chi connectivity index (χ3n) is 2.62. The minimum Gasteiger partial charge on any atom is -0.486 e. The minimum absolute atomic E-state index is 0.194. The molecule has 0 unspecified atom stereocenters. The monoisotopic (exact) mass is 250 g/mol. The number of carbonyl (C=O) groups is 1. The lowest BCUT2D eigenvalue weighted by Crippen LogP contribution is -2.29. The van der Waals surface area contributed by atoms with Crippen molar-refractivity contribution in [2.45, 2.75) is 19.8 Å². The Labute approximate surface area is 106 Å². The van der Waals surface area contributed by atoms with Crippen LogP contribution in [0.3, 0.4) is 0 Å². The van der Waals surface area contributed by atoms with E-state index in [-0.39, 0.29) is 6.03 Å². The summed E-state index contributed by atoms with van der Waals surface area (Å²) in [4.78, 5) is 11.6. The van der Waals surface area contributed by atoms with E-state index in [1.807, 2.05) is 0 Å². The third kappa shape index (κ3) is 3.29. The van der Waals surface area contributed by atoms with Crippen LogP contribution in [0.5, 0.6) is 11.5 Å². The fraction of sp³-hybridized carbons (Fsp3) is 0.462. The molecule has 0 radical (unpaired) electrons. The van der Waals surface area contributed by atoms with Gasteiger partial charge >= 0.3 is 6.03 Å². The molecule has 0 saturated carbocycles. The van der Waals surface area contributed by atoms with E-state index in [1.54, 1.807) is 18.2 Å². The smallest absolute Gasteiger partial charge is 0.319 e. The van der Waals surface area contributed by atoms with Gasteiger partial charge in [-0.1, -0.05) is 13.3 Å². The molecule has 5 heteroatoms. The van der Waals surface area contributed by atoms with Crippen molar-refractivity contribution in [2.75, 3.05) is 25.1 Å². The molecule has 0 aromatic heterocycles. The Balaban J connectivity index is 1.91. The van der Waals surface area contributed by atoms with Crippen molar-refractivity contribution in [3.63, 3.8) is 0 Å². The summed E-state index contributed by atoms with van der Waals surface area (Å²) < 4.78 is 10.9. The second kappa shape index (κ2) is 6.14. The van der Waals surface area contributed by atoms with Gasteiger partial charge in [0.15, 0.2) is 11.5 Å². The molecular weight excluding hydrogens is 232 g/mol. The maximum atomic E-state index is 11.6. The highest BCUT2D eigenvalue weighted by Gasteiger charge is 2.12. The number of unbranched alkanes of at least 4 members (excludes halogenated alkanes) is 1. The first-order valence-electron chi connectivity index (χ1n) is 6.24. The molecule has 0 spiro atoms. The van der Waals surface area contributed by atoms with Crippen molar-refractivity contribution in [3.05, 3.63) is 18.2 Å². The van der Waals surface area contributed by atoms with Gasteiger partial charge in [0.25, 0.3) is 0 Å². The highest BCUT2D eigenvalue weighted by atomic mass is 16.6. The zero-order chi connectivity index (χ0) is 12.8. The van der Waals surface area contributed by atoms with Gasteiger partial charge in [0.1, 0.15) is 13.2 Å². The van der Waals surface area contributed by atoms with Crippen LogP contribution in [-0.4, -0.2) is 25.8 Å². The number of benzene rings is 1. The van der Waals surface area contributed by atoms with Gasteiger partial charge in [0, 0.05) is 18.3 Å². The van der Waals surface area contributed by atoms with Crippen molar-refractivity contribution in [1.82, 2.24) is 5.32 Å². The molecule has 18 heavy (non-hydrogen) atoms. The number of amides is 2. The normalized spacial score (nSPS) is 12.9. The van der Waals surface area contributed by atoms with E-state index in [2.05, 4.69) is 17.6 Å². The number of rotatable bonds is 4. The van der Waals surface area contributed by atoms with Crippen LogP contribution in [0.25, 0.3) is 0 Å². The Kier molecular flexibility index (Phi) is 4.28. The van der Waals surface area contributed by atoms with Gasteiger partial charge in [-0.15, -0.1) is 0 Å². The summed E-state index contributed by atoms with van der Waals surface area (Å²) in [6.07, 6.45) is 2.04. The van der Waals surface area contributed by atoms with E-state index < -0.39 is 0 Å². The molecular formula is C13H18N2O3. The molecule has 1 aliphatic rings. The van der Waals surface area contributed by atoms with E-state index in [1.165, 1.54) is 0 Å². The molecule has 5 nitrogen and oxygen atoms in total. The minimum atomic E-state index is -0.194. The van der Waals surface area contributed by atoms with Crippen LogP contribution in [0, 0.1) is 0 Å². The maximum Gasteiger partial charge on any atom is 0.319 e. The topological polar surface area (TPSA) is 59.6 Å². The van der Waals surface area contributed by atoms with Crippen LogP contribution in [0.1, 0.15) is 19.8 Å². The van der Waals surface area contributed by atoms with Gasteiger partial charge in [-0.2, -0.15) is 0 Å². The van der Waals surface area contributed by atoms with E-state index in [0.29, 0.717) is 31.2 Å². The second-order valence-electron chi connectivity index (χ2n) is 4.09. The largest absolute Gasteiger partial charge is 0.486 e. The summed E-state index contributed by atoms with van der Waals surface area (Å²) in [5, 5.41) is 5.56. The van der Waals surface area contributed by atoms with Gasteiger partial charge in [0.05, 0.1) is 0 Å². The molecule has 1 aromatic carbocycles. The Morgan fingerprint density at radius 3 is 2.83 bits per heavy atom. The molecule has 2 rings (SSSR count). The molecule has 1 heterocycles. The molecule has 0 aliphatic carbocycles. The molecule has 98 valence electrons. The summed E-state index contributed by atoms with van der Waals surface area (Å²) in [6.45, 7) is 3.88. The van der Waals surface area contributed by atoms with Crippen LogP contribution in [0.4, 0.5) is 10.5 Å². The predicted molar refractivity (Wildman–Crippen MR) is 69.4 cm³/mol. The molecule has 0 fully saturated rings. The molecule has 1 aromatic rings. The van der Waals surface area contributed by atoms with Gasteiger partial charge in [-0.3, -0.25) is 0 Å². The van der Waals surface area contributed by atoms with E-state index in [4.69, 9.17) is 9.47 Å². The summed E-state index contributed by atoms with van der Waals surface area (Å²) in [7, 11) is 0. The fourth-order valence-electron chi connectivity index (χ4n) is 1.68. The number of urea groups is 1. The van der Waals surface area contributed by atoms with Crippen molar-refractivity contribution < 1.29 is 14.3 Å². The lowest BCUT2D eigenvalue weighted by molar-refractivity contribution is 0.171. The van der Waals surface area contributed by atoms with E-state index in [0.717, 1.165) is 18.6 Å². The predicted octanol–water partition coefficient (Wildman–Crippen LogP) is 2.38. The first-order valence-corrected chi connectivity index (χ1v) is 6.24. The number of carbonyl (C=O) groups excluding carboxylic acids is 1. The van der Waals surface area contributed by atoms with E-state index in [9.17, 15) is 4.79 Å². The number of anilines is 1. The van der Waals surface area contributed by atoms with Crippen molar-refractivity contribution in [3.8, 4) is 11.5 Å². The maximum absolute atomic E-state index is 11.6.